The van der Waals surface area contributed by atoms with Crippen LogP contribution < -0.4 is 10.1 Å². The lowest BCUT2D eigenvalue weighted by molar-refractivity contribution is 0.238. The number of rotatable bonds is 9. The van der Waals surface area contributed by atoms with Gasteiger partial charge in [-0.25, -0.2) is 4.52 Å². The van der Waals surface area contributed by atoms with E-state index in [1.165, 1.54) is 25.9 Å². The van der Waals surface area contributed by atoms with Crippen LogP contribution >= 0.6 is 0 Å². The van der Waals surface area contributed by atoms with E-state index in [-0.39, 0.29) is 0 Å². The molecule has 0 bridgehead atoms. The Balaban J connectivity index is 1.42. The molecule has 0 saturated carbocycles. The Bertz CT molecular complexity index is 1100. The molecular weight excluding hydrogens is 398 g/mol. The maximum absolute atomic E-state index is 5.89. The normalized spacial score (nSPS) is 15.4. The number of anilines is 2. The van der Waals surface area contributed by atoms with Crippen LogP contribution in [0.25, 0.3) is 11.2 Å². The van der Waals surface area contributed by atoms with Gasteiger partial charge in [-0.3, -0.25) is 4.90 Å². The lowest BCUT2D eigenvalue weighted by Crippen LogP contribution is -2.25. The van der Waals surface area contributed by atoms with Gasteiger partial charge in [0.1, 0.15) is 12.4 Å². The molecule has 1 fully saturated rings. The van der Waals surface area contributed by atoms with Gasteiger partial charge in [-0.15, -0.1) is 5.10 Å². The third-order valence-corrected chi connectivity index (χ3v) is 5.53. The zero-order chi connectivity index (χ0) is 22.2. The van der Waals surface area contributed by atoms with E-state index in [4.69, 9.17) is 4.74 Å². The molecule has 3 heterocycles. The molecular formula is C26H31N5O. The standard InChI is InChI=1S/C26H31N5O/c1-3-5-6-10-21(4-2)24-11-9-12-25-28-26(29-31(24)25)27-22-13-15-23(16-14-22)32-20-19-30-17-7-8-18-30/h3-6,9-16H,7-8,17-20H2,1-2H3,(H,27,29)/b5-3-,10-6-,21-4+. The first kappa shape index (κ1) is 21.8. The van der Waals surface area contributed by atoms with E-state index in [1.807, 2.05) is 73.0 Å². The summed E-state index contributed by atoms with van der Waals surface area (Å²) in [4.78, 5) is 7.09. The van der Waals surface area contributed by atoms with Gasteiger partial charge in [-0.1, -0.05) is 36.4 Å². The Kier molecular flexibility index (Phi) is 7.35. The largest absolute Gasteiger partial charge is 0.492 e. The number of aromatic nitrogens is 3. The molecule has 0 amide bonds. The van der Waals surface area contributed by atoms with Crippen molar-refractivity contribution in [3.63, 3.8) is 0 Å². The summed E-state index contributed by atoms with van der Waals surface area (Å²) >= 11 is 0. The molecule has 0 atom stereocenters. The monoisotopic (exact) mass is 429 g/mol. The summed E-state index contributed by atoms with van der Waals surface area (Å²) in [6.45, 7) is 8.14. The number of fused-ring (bicyclic) bond motifs is 1. The highest BCUT2D eigenvalue weighted by molar-refractivity contribution is 5.73. The molecule has 0 aliphatic carbocycles. The fraction of sp³-hybridized carbons (Fsp3) is 0.308. The minimum absolute atomic E-state index is 0.563. The van der Waals surface area contributed by atoms with E-state index in [2.05, 4.69) is 38.5 Å². The molecule has 0 radical (unpaired) electrons. The third-order valence-electron chi connectivity index (χ3n) is 5.53. The van der Waals surface area contributed by atoms with Gasteiger partial charge in [0, 0.05) is 12.2 Å². The average Bonchev–Trinajstić information content (AvgIpc) is 3.47. The molecule has 1 aliphatic rings. The Hall–Kier alpha value is -3.38. The van der Waals surface area contributed by atoms with Crippen LogP contribution in [-0.4, -0.2) is 45.7 Å². The van der Waals surface area contributed by atoms with Gasteiger partial charge in [0.05, 0.1) is 5.69 Å². The van der Waals surface area contributed by atoms with Gasteiger partial charge >= 0.3 is 0 Å². The van der Waals surface area contributed by atoms with Gasteiger partial charge in [-0.05, 0) is 81.7 Å². The number of allylic oxidation sites excluding steroid dienone is 6. The molecule has 0 unspecified atom stereocenters. The van der Waals surface area contributed by atoms with Crippen molar-refractivity contribution in [1.82, 2.24) is 19.5 Å². The Morgan fingerprint density at radius 1 is 1.06 bits per heavy atom. The molecule has 3 aromatic rings. The number of ether oxygens (including phenoxy) is 1. The first-order valence-corrected chi connectivity index (χ1v) is 11.3. The van der Waals surface area contributed by atoms with Gasteiger partial charge in [-0.2, -0.15) is 4.98 Å². The summed E-state index contributed by atoms with van der Waals surface area (Å²) in [5.41, 5.74) is 3.80. The Labute approximate surface area is 189 Å². The number of hydrogen-bond donors (Lipinski definition) is 1. The van der Waals surface area contributed by atoms with Crippen LogP contribution in [0.5, 0.6) is 5.75 Å². The molecule has 32 heavy (non-hydrogen) atoms. The lowest BCUT2D eigenvalue weighted by atomic mass is 10.1. The zero-order valence-electron chi connectivity index (χ0n) is 18.9. The smallest absolute Gasteiger partial charge is 0.247 e. The van der Waals surface area contributed by atoms with Gasteiger partial charge in [0.2, 0.25) is 5.95 Å². The molecule has 4 rings (SSSR count). The van der Waals surface area contributed by atoms with E-state index in [0.29, 0.717) is 5.95 Å². The molecule has 2 aromatic heterocycles. The molecule has 1 N–H and O–H groups in total. The second-order valence-corrected chi connectivity index (χ2v) is 7.79. The quantitative estimate of drug-likeness (QED) is 0.456. The van der Waals surface area contributed by atoms with E-state index in [0.717, 1.165) is 41.5 Å². The van der Waals surface area contributed by atoms with Crippen molar-refractivity contribution in [3.05, 3.63) is 78.5 Å². The molecule has 6 nitrogen and oxygen atoms in total. The highest BCUT2D eigenvalue weighted by Crippen LogP contribution is 2.22. The highest BCUT2D eigenvalue weighted by atomic mass is 16.5. The van der Waals surface area contributed by atoms with Gasteiger partial charge in [0.25, 0.3) is 0 Å². The second-order valence-electron chi connectivity index (χ2n) is 7.79. The molecule has 6 heteroatoms. The van der Waals surface area contributed by atoms with E-state index in [9.17, 15) is 0 Å². The van der Waals surface area contributed by atoms with Crippen molar-refractivity contribution >= 4 is 22.9 Å². The average molecular weight is 430 g/mol. The summed E-state index contributed by atoms with van der Waals surface area (Å²) in [5, 5.41) is 7.99. The van der Waals surface area contributed by atoms with Gasteiger partial charge in [0.15, 0.2) is 5.65 Å². The van der Waals surface area contributed by atoms with Crippen LogP contribution in [-0.2, 0) is 0 Å². The maximum Gasteiger partial charge on any atom is 0.247 e. The molecule has 1 aliphatic heterocycles. The number of pyridine rings is 1. The van der Waals surface area contributed by atoms with Gasteiger partial charge < -0.3 is 10.1 Å². The second kappa shape index (κ2) is 10.8. The molecule has 166 valence electrons. The Morgan fingerprint density at radius 2 is 1.88 bits per heavy atom. The van der Waals surface area contributed by atoms with Crippen LogP contribution in [0.3, 0.4) is 0 Å². The van der Waals surface area contributed by atoms with Crippen LogP contribution in [0.4, 0.5) is 11.6 Å². The summed E-state index contributed by atoms with van der Waals surface area (Å²) in [7, 11) is 0. The van der Waals surface area contributed by atoms with E-state index in [1.54, 1.807) is 0 Å². The predicted octanol–water partition coefficient (Wildman–Crippen LogP) is 5.48. The number of hydrogen-bond acceptors (Lipinski definition) is 5. The minimum atomic E-state index is 0.563. The van der Waals surface area contributed by atoms with Crippen molar-refractivity contribution in [2.75, 3.05) is 31.6 Å². The molecule has 1 aromatic carbocycles. The van der Waals surface area contributed by atoms with Crippen molar-refractivity contribution in [1.29, 1.82) is 0 Å². The molecule has 1 saturated heterocycles. The number of nitrogens with zero attached hydrogens (tertiary/aromatic N) is 4. The summed E-state index contributed by atoms with van der Waals surface area (Å²) < 4.78 is 7.76. The van der Waals surface area contributed by atoms with Crippen molar-refractivity contribution in [2.24, 2.45) is 0 Å². The van der Waals surface area contributed by atoms with Crippen LogP contribution in [0.2, 0.25) is 0 Å². The van der Waals surface area contributed by atoms with Crippen molar-refractivity contribution < 1.29 is 4.74 Å². The SMILES string of the molecule is C\C=C/C=C\C(=C/C)c1cccc2nc(Nc3ccc(OCCN4CCCC4)cc3)nn12. The zero-order valence-corrected chi connectivity index (χ0v) is 18.9. The fourth-order valence-corrected chi connectivity index (χ4v) is 3.84. The van der Waals surface area contributed by atoms with Crippen molar-refractivity contribution in [3.8, 4) is 5.75 Å². The van der Waals surface area contributed by atoms with E-state index < -0.39 is 0 Å². The summed E-state index contributed by atoms with van der Waals surface area (Å²) in [6, 6.07) is 14.0. The first-order chi connectivity index (χ1) is 15.8. The fourth-order valence-electron chi connectivity index (χ4n) is 3.84. The minimum Gasteiger partial charge on any atom is -0.492 e. The third kappa shape index (κ3) is 5.45. The Morgan fingerprint density at radius 3 is 2.62 bits per heavy atom. The number of likely N-dealkylation sites (tertiary alicyclic amines) is 1. The van der Waals surface area contributed by atoms with Crippen LogP contribution in [0.1, 0.15) is 32.4 Å². The lowest BCUT2D eigenvalue weighted by Gasteiger charge is -2.15. The first-order valence-electron chi connectivity index (χ1n) is 11.3. The molecule has 0 spiro atoms. The topological polar surface area (TPSA) is 54.7 Å². The predicted molar refractivity (Wildman–Crippen MR) is 131 cm³/mol. The van der Waals surface area contributed by atoms with Crippen LogP contribution in [0.15, 0.2) is 72.8 Å². The van der Waals surface area contributed by atoms with E-state index >= 15 is 0 Å². The number of benzene rings is 1. The van der Waals surface area contributed by atoms with Crippen molar-refractivity contribution in [2.45, 2.75) is 26.7 Å². The highest BCUT2D eigenvalue weighted by Gasteiger charge is 2.11. The number of nitrogens with one attached hydrogen (secondary N) is 1. The summed E-state index contributed by atoms with van der Waals surface area (Å²) in [6.07, 6.45) is 12.8. The van der Waals surface area contributed by atoms with Crippen LogP contribution in [0, 0.1) is 0 Å². The maximum atomic E-state index is 5.89. The summed E-state index contributed by atoms with van der Waals surface area (Å²) in [5.74, 6) is 1.44.